The highest BCUT2D eigenvalue weighted by Crippen LogP contribution is 2.37. The van der Waals surface area contributed by atoms with Crippen molar-refractivity contribution in [2.75, 3.05) is 207 Å². The molecule has 0 spiro atoms. The van der Waals surface area contributed by atoms with Crippen LogP contribution in [-0.2, 0) is 0 Å². The van der Waals surface area contributed by atoms with Crippen LogP contribution in [0.15, 0.2) is 72.8 Å². The highest BCUT2D eigenvalue weighted by Gasteiger charge is 2.31. The maximum Gasteiger partial charge on any atom is 0.317 e. The summed E-state index contributed by atoms with van der Waals surface area (Å²) < 4.78 is 96.2. The third-order valence-electron chi connectivity index (χ3n) is 24.0. The number of nitrogens with zero attached hydrogens (tertiary/aromatic N) is 12. The number of hydrogen-bond acceptors (Lipinski definition) is 12. The first-order chi connectivity index (χ1) is 58.4. The number of hydrogen-bond donors (Lipinski definition) is 4. The first-order valence-corrected chi connectivity index (χ1v) is 42.9. The van der Waals surface area contributed by atoms with Crippen molar-refractivity contribution in [2.24, 2.45) is 23.7 Å². The van der Waals surface area contributed by atoms with Crippen molar-refractivity contribution in [3.8, 4) is 0 Å². The van der Waals surface area contributed by atoms with Gasteiger partial charge in [0.25, 0.3) is 0 Å². The monoisotopic (exact) mass is 1640 g/mol. The predicted molar refractivity (Wildman–Crippen MR) is 470 cm³/mol. The summed E-state index contributed by atoms with van der Waals surface area (Å²) >= 11 is 25.9. The number of aryl methyl sites for hydroxylation is 4. The fourth-order valence-electron chi connectivity index (χ4n) is 16.4. The average molecular weight is 1640 g/mol. The van der Waals surface area contributed by atoms with E-state index >= 15 is 0 Å². The van der Waals surface area contributed by atoms with E-state index in [0.29, 0.717) is 70.1 Å². The van der Waals surface area contributed by atoms with E-state index in [0.717, 1.165) is 250 Å². The third-order valence-corrected chi connectivity index (χ3v) is 26.0. The molecule has 4 saturated carbocycles. The minimum absolute atomic E-state index is 0.0413. The molecule has 24 heteroatoms. The van der Waals surface area contributed by atoms with Gasteiger partial charge in [-0.25, -0.2) is 19.2 Å². The van der Waals surface area contributed by atoms with Crippen molar-refractivity contribution in [2.45, 2.75) is 180 Å². The van der Waals surface area contributed by atoms with Crippen LogP contribution in [0.2, 0.25) is 20.1 Å². The molecule has 4 aromatic carbocycles. The molecule has 4 saturated heterocycles. The zero-order chi connectivity index (χ0) is 90.8. The number of piperazine rings is 4. The van der Waals surface area contributed by atoms with Gasteiger partial charge in [-0.15, -0.1) is 0 Å². The van der Waals surface area contributed by atoms with Crippen molar-refractivity contribution in [1.82, 2.24) is 60.5 Å². The number of carbonyl (C=O) groups excluding carboxylic acids is 4. The predicted octanol–water partition coefficient (Wildman–Crippen LogP) is 16.0. The van der Waals surface area contributed by atoms with Gasteiger partial charge in [0.2, 0.25) is 0 Å². The molecule has 0 atom stereocenters. The second kappa shape index (κ2) is 45.6. The molecule has 0 bridgehead atoms. The number of halogens is 4. The Morgan fingerprint density at radius 3 is 0.848 bits per heavy atom. The van der Waals surface area contributed by atoms with Crippen molar-refractivity contribution in [3.63, 3.8) is 0 Å². The molecule has 8 amide bonds. The Morgan fingerprint density at radius 1 is 0.339 bits per heavy atom. The zero-order valence-corrected chi connectivity index (χ0v) is 71.7. The van der Waals surface area contributed by atoms with Crippen LogP contribution in [0.25, 0.3) is 0 Å². The van der Waals surface area contributed by atoms with Gasteiger partial charge in [-0.2, -0.15) is 0 Å². The van der Waals surface area contributed by atoms with Crippen molar-refractivity contribution >= 4 is 93.3 Å². The standard InChI is InChI=1S/4C22H35ClN4O/c4*1-17-5-4-6-20(21(17)23)27-15-13-26(14-16-27)12-11-18-7-9-19(10-8-18)24-22(28)25(2)3/h4*4-6,18-19H,7-16H2,1-3H3,(H,24,28)/i2D3,11D2;12D2;11D2;2D3. The molecule has 8 fully saturated rings. The van der Waals surface area contributed by atoms with E-state index in [4.69, 9.17) is 62.9 Å². The summed E-state index contributed by atoms with van der Waals surface area (Å²) in [5.74, 6) is 1.03. The van der Waals surface area contributed by atoms with Crippen LogP contribution in [0.5, 0.6) is 0 Å². The minimum Gasteiger partial charge on any atom is -0.368 e. The smallest absolute Gasteiger partial charge is 0.317 e. The molecule has 8 aliphatic rings. The fourth-order valence-corrected chi connectivity index (χ4v) is 17.4. The largest absolute Gasteiger partial charge is 0.368 e. The van der Waals surface area contributed by atoms with Crippen LogP contribution in [0.1, 0.15) is 167 Å². The normalized spacial score (nSPS) is 25.7. The lowest BCUT2D eigenvalue weighted by Gasteiger charge is -2.37. The van der Waals surface area contributed by atoms with Gasteiger partial charge in [-0.05, 0) is 252 Å². The highest BCUT2D eigenvalue weighted by molar-refractivity contribution is 6.35. The molecule has 0 radical (unpaired) electrons. The molecule has 0 aromatic heterocycles. The van der Waals surface area contributed by atoms with Crippen molar-refractivity contribution < 1.29 is 35.6 Å². The number of carbonyl (C=O) groups is 4. The molecular formula is C88H140Cl4N16O4. The van der Waals surface area contributed by atoms with E-state index in [-0.39, 0.29) is 48.1 Å². The Kier molecular flexibility index (Phi) is 30.0. The van der Waals surface area contributed by atoms with Gasteiger partial charge < -0.3 is 60.5 Å². The number of amides is 8. The Morgan fingerprint density at radius 2 is 0.580 bits per heavy atom. The number of rotatable bonds is 20. The highest BCUT2D eigenvalue weighted by atomic mass is 35.5. The van der Waals surface area contributed by atoms with Gasteiger partial charge in [0, 0.05) is 202 Å². The summed E-state index contributed by atoms with van der Waals surface area (Å²) in [6.07, 6.45) is 13.0. The summed E-state index contributed by atoms with van der Waals surface area (Å²) in [5.41, 5.74) is 8.67. The van der Waals surface area contributed by atoms with Crippen LogP contribution < -0.4 is 40.9 Å². The Hall–Kier alpha value is -5.84. The Bertz CT molecular complexity index is 4040. The van der Waals surface area contributed by atoms with Crippen LogP contribution in [0, 0.1) is 51.4 Å². The quantitative estimate of drug-likeness (QED) is 0.0666. The van der Waals surface area contributed by atoms with Gasteiger partial charge in [0.15, 0.2) is 0 Å². The number of benzene rings is 4. The average Bonchev–Trinajstić information content (AvgIpc) is 0.808. The van der Waals surface area contributed by atoms with Crippen LogP contribution >= 0.6 is 46.4 Å². The Labute approximate surface area is 711 Å². The lowest BCUT2D eigenvalue weighted by molar-refractivity contribution is 0.194. The van der Waals surface area contributed by atoms with Crippen molar-refractivity contribution in [1.29, 1.82) is 0 Å². The first-order valence-electron chi connectivity index (χ1n) is 47.3. The SMILES string of the molecule is [2H]C([2H])(CC1CCC(NC(=O)N(C)C)CC1)N1CCN(c2cccc(C)c2Cl)CC1.[2H]C([2H])(CN1CCN(c2cccc(C)c2Cl)CC1)C1CCC(NC(=O)N(C)C([2H])([2H])[2H])CC1.[2H]C([2H])(CN1CCN(c2cccc(C)c2Cl)CC1)C1CCC(NC(=O)N(C)C)CC1.[2H]C([2H])([2H])N(C)C(=O)NC1CCC(CCN2CCN(c3cccc(C)c3Cl)CC2)CC1. The molecule has 4 heterocycles. The topological polar surface area (TPSA) is 155 Å². The van der Waals surface area contributed by atoms with Gasteiger partial charge in [0.05, 0.1) is 42.8 Å². The lowest BCUT2D eigenvalue weighted by Crippen LogP contribution is -2.47. The molecule has 4 aromatic rings. The summed E-state index contributed by atoms with van der Waals surface area (Å²) in [6.45, 7) is 17.6. The second-order valence-corrected chi connectivity index (χ2v) is 34.3. The lowest BCUT2D eigenvalue weighted by atomic mass is 9.84. The van der Waals surface area contributed by atoms with Crippen LogP contribution in [-0.4, -0.2) is 275 Å². The van der Waals surface area contributed by atoms with Gasteiger partial charge >= 0.3 is 24.1 Å². The molecule has 624 valence electrons. The summed E-state index contributed by atoms with van der Waals surface area (Å²) in [4.78, 5) is 70.7. The van der Waals surface area contributed by atoms with Crippen molar-refractivity contribution in [3.05, 3.63) is 115 Å². The van der Waals surface area contributed by atoms with E-state index < -0.39 is 45.3 Å². The molecule has 20 nitrogen and oxygen atoms in total. The minimum atomic E-state index is -2.46. The summed E-state index contributed by atoms with van der Waals surface area (Å²) in [6, 6.07) is 23.6. The van der Waals surface area contributed by atoms with E-state index in [1.807, 2.05) is 87.2 Å². The van der Waals surface area contributed by atoms with Crippen LogP contribution in [0.3, 0.4) is 0 Å². The first kappa shape index (κ1) is 73.8. The molecule has 0 unspecified atom stereocenters. The number of nitrogens with one attached hydrogen (secondary N) is 4. The molecule has 12 rings (SSSR count). The number of urea groups is 4. The fraction of sp³-hybridized carbons (Fsp3) is 0.682. The Balaban J connectivity index is 0.000000187. The molecule has 4 N–H and O–H groups in total. The zero-order valence-electron chi connectivity index (χ0n) is 80.7. The van der Waals surface area contributed by atoms with E-state index in [2.05, 4.69) is 73.8 Å². The third kappa shape index (κ3) is 28.2. The van der Waals surface area contributed by atoms with E-state index in [1.165, 1.54) is 20.5 Å². The maximum absolute atomic E-state index is 12.1. The summed E-state index contributed by atoms with van der Waals surface area (Å²) in [7, 11) is 9.57. The summed E-state index contributed by atoms with van der Waals surface area (Å²) in [5, 5.41) is 15.0. The van der Waals surface area contributed by atoms with E-state index in [9.17, 15) is 19.2 Å². The molecule has 4 aliphatic carbocycles. The van der Waals surface area contributed by atoms with Crippen LogP contribution in [0.4, 0.5) is 41.9 Å². The molecule has 4 aliphatic heterocycles. The number of anilines is 4. The van der Waals surface area contributed by atoms with E-state index in [1.54, 1.807) is 38.0 Å². The maximum atomic E-state index is 12.1. The van der Waals surface area contributed by atoms with Gasteiger partial charge in [-0.3, -0.25) is 19.6 Å². The van der Waals surface area contributed by atoms with Gasteiger partial charge in [0.1, 0.15) is 0 Å². The van der Waals surface area contributed by atoms with Gasteiger partial charge in [-0.1, -0.05) is 94.9 Å². The molecule has 112 heavy (non-hydrogen) atoms. The second-order valence-electron chi connectivity index (χ2n) is 32.8. The molecular weight excluding hydrogens is 1490 g/mol.